The van der Waals surface area contributed by atoms with Gasteiger partial charge < -0.3 is 19.2 Å². The van der Waals surface area contributed by atoms with Crippen LogP contribution < -0.4 is 10.2 Å². The second-order valence-corrected chi connectivity index (χ2v) is 8.70. The summed E-state index contributed by atoms with van der Waals surface area (Å²) in [6, 6.07) is 17.4. The molecule has 0 saturated carbocycles. The maximum Gasteiger partial charge on any atom is 0.290 e. The van der Waals surface area contributed by atoms with E-state index in [-0.39, 0.29) is 22.8 Å². The topological polar surface area (TPSA) is 80.0 Å². The van der Waals surface area contributed by atoms with E-state index in [0.29, 0.717) is 29.5 Å². The first kappa shape index (κ1) is 21.8. The predicted octanol–water partition coefficient (Wildman–Crippen LogP) is 4.91. The van der Waals surface area contributed by atoms with Gasteiger partial charge in [-0.05, 0) is 78.9 Å². The van der Waals surface area contributed by atoms with Crippen molar-refractivity contribution in [3.8, 4) is 11.5 Å². The second-order valence-electron chi connectivity index (χ2n) is 8.70. The Kier molecular flexibility index (Phi) is 5.36. The van der Waals surface area contributed by atoms with Crippen molar-refractivity contribution in [2.75, 3.05) is 13.7 Å². The number of benzene rings is 3. The lowest BCUT2D eigenvalue weighted by atomic mass is 9.97. The van der Waals surface area contributed by atoms with Gasteiger partial charge in [0.2, 0.25) is 5.76 Å². The van der Waals surface area contributed by atoms with E-state index in [1.165, 1.54) is 0 Å². The molecule has 6 heteroatoms. The number of amides is 1. The number of phenolic OH excluding ortho intramolecular Hbond substituents is 1. The molecular weight excluding hydrogens is 430 g/mol. The highest BCUT2D eigenvalue weighted by Crippen LogP contribution is 2.39. The molecule has 1 N–H and O–H groups in total. The van der Waals surface area contributed by atoms with Crippen molar-refractivity contribution < 1.29 is 19.1 Å². The predicted molar refractivity (Wildman–Crippen MR) is 130 cm³/mol. The monoisotopic (exact) mass is 455 g/mol. The summed E-state index contributed by atoms with van der Waals surface area (Å²) >= 11 is 0. The first-order chi connectivity index (χ1) is 16.4. The molecule has 0 spiro atoms. The van der Waals surface area contributed by atoms with Crippen molar-refractivity contribution in [3.63, 3.8) is 0 Å². The Labute approximate surface area is 197 Å². The van der Waals surface area contributed by atoms with Crippen LogP contribution >= 0.6 is 0 Å². The highest BCUT2D eigenvalue weighted by atomic mass is 16.5. The minimum Gasteiger partial charge on any atom is -0.508 e. The van der Waals surface area contributed by atoms with E-state index in [9.17, 15) is 14.7 Å². The number of carbonyl (C=O) groups excluding carboxylic acids is 1. The lowest BCUT2D eigenvalue weighted by Crippen LogP contribution is -2.31. The zero-order chi connectivity index (χ0) is 24.0. The van der Waals surface area contributed by atoms with Crippen LogP contribution in [0.15, 0.2) is 69.9 Å². The number of fused-ring (bicyclic) bond motifs is 2. The summed E-state index contributed by atoms with van der Waals surface area (Å²) in [6.45, 7) is 4.30. The summed E-state index contributed by atoms with van der Waals surface area (Å²) in [6.07, 6.45) is 0.601. The minimum atomic E-state index is -0.594. The lowest BCUT2D eigenvalue weighted by molar-refractivity contribution is 0.0730. The number of ether oxygens (including phenoxy) is 1. The molecule has 1 atom stereocenters. The van der Waals surface area contributed by atoms with Crippen LogP contribution in [0.25, 0.3) is 11.0 Å². The molecule has 0 saturated heterocycles. The Morgan fingerprint density at radius 1 is 0.971 bits per heavy atom. The smallest absolute Gasteiger partial charge is 0.290 e. The van der Waals surface area contributed by atoms with E-state index in [1.807, 2.05) is 50.2 Å². The van der Waals surface area contributed by atoms with E-state index in [2.05, 4.69) is 0 Å². The molecule has 172 valence electrons. The van der Waals surface area contributed by atoms with E-state index in [4.69, 9.17) is 9.15 Å². The number of methoxy groups -OCH3 is 1. The van der Waals surface area contributed by atoms with Gasteiger partial charge in [0.05, 0.1) is 24.1 Å². The van der Waals surface area contributed by atoms with Crippen molar-refractivity contribution in [1.82, 2.24) is 4.90 Å². The van der Waals surface area contributed by atoms with E-state index >= 15 is 0 Å². The van der Waals surface area contributed by atoms with Gasteiger partial charge in [0.15, 0.2) is 5.43 Å². The van der Waals surface area contributed by atoms with Crippen LogP contribution in [0.2, 0.25) is 0 Å². The summed E-state index contributed by atoms with van der Waals surface area (Å²) in [7, 11) is 1.62. The molecule has 5 rings (SSSR count). The molecule has 1 amide bonds. The van der Waals surface area contributed by atoms with Gasteiger partial charge in [-0.25, -0.2) is 0 Å². The molecule has 0 fully saturated rings. The number of hydrogen-bond donors (Lipinski definition) is 1. The number of rotatable bonds is 5. The number of aromatic hydroxyl groups is 1. The Morgan fingerprint density at radius 2 is 1.65 bits per heavy atom. The summed E-state index contributed by atoms with van der Waals surface area (Å²) in [5.41, 5.74) is 4.34. The quantitative estimate of drug-likeness (QED) is 0.462. The van der Waals surface area contributed by atoms with Gasteiger partial charge in [-0.1, -0.05) is 24.3 Å². The summed E-state index contributed by atoms with van der Waals surface area (Å²) < 4.78 is 11.3. The van der Waals surface area contributed by atoms with Crippen LogP contribution in [-0.4, -0.2) is 29.6 Å². The SMILES string of the molecule is COc1ccc(CCN2C(=O)c3oc4cc(C)c(C)cc4c(=O)c3C2c2ccc(O)cc2)cc1. The minimum absolute atomic E-state index is 0.0913. The number of phenols is 1. The Hall–Kier alpha value is -4.06. The van der Waals surface area contributed by atoms with Crippen molar-refractivity contribution in [3.05, 3.63) is 104 Å². The number of hydrogen-bond acceptors (Lipinski definition) is 5. The second kappa shape index (κ2) is 8.37. The maximum atomic E-state index is 13.7. The fourth-order valence-corrected chi connectivity index (χ4v) is 4.55. The zero-order valence-electron chi connectivity index (χ0n) is 19.3. The molecule has 1 unspecified atom stereocenters. The molecule has 0 bridgehead atoms. The van der Waals surface area contributed by atoms with Gasteiger partial charge in [0.25, 0.3) is 5.91 Å². The van der Waals surface area contributed by atoms with E-state index < -0.39 is 6.04 Å². The first-order valence-electron chi connectivity index (χ1n) is 11.2. The molecule has 3 aromatic carbocycles. The van der Waals surface area contributed by atoms with Crippen LogP contribution in [0.1, 0.15) is 44.4 Å². The van der Waals surface area contributed by atoms with Gasteiger partial charge in [0, 0.05) is 6.54 Å². The zero-order valence-corrected chi connectivity index (χ0v) is 19.3. The first-order valence-corrected chi connectivity index (χ1v) is 11.2. The summed E-state index contributed by atoms with van der Waals surface area (Å²) in [4.78, 5) is 28.9. The largest absolute Gasteiger partial charge is 0.508 e. The van der Waals surface area contributed by atoms with Crippen LogP contribution in [0.4, 0.5) is 0 Å². The van der Waals surface area contributed by atoms with Crippen molar-refractivity contribution in [1.29, 1.82) is 0 Å². The van der Waals surface area contributed by atoms with E-state index in [0.717, 1.165) is 28.0 Å². The normalized spacial score (nSPS) is 15.1. The highest BCUT2D eigenvalue weighted by Gasteiger charge is 2.42. The molecule has 2 heterocycles. The standard InChI is InChI=1S/C28H25NO5/c1-16-14-22-23(15-17(16)2)34-27-24(26(22)31)25(19-6-8-20(30)9-7-19)29(28(27)32)13-12-18-4-10-21(33-3)11-5-18/h4-11,14-15,25,30H,12-13H2,1-3H3. The lowest BCUT2D eigenvalue weighted by Gasteiger charge is -2.25. The average Bonchev–Trinajstić information content (AvgIpc) is 3.11. The third kappa shape index (κ3) is 3.61. The fourth-order valence-electron chi connectivity index (χ4n) is 4.55. The third-order valence-corrected chi connectivity index (χ3v) is 6.59. The van der Waals surface area contributed by atoms with Crippen LogP contribution in [0, 0.1) is 13.8 Å². The van der Waals surface area contributed by atoms with Gasteiger partial charge in [0.1, 0.15) is 17.1 Å². The highest BCUT2D eigenvalue weighted by molar-refractivity contribution is 5.99. The molecule has 6 nitrogen and oxygen atoms in total. The van der Waals surface area contributed by atoms with Crippen LogP contribution in [-0.2, 0) is 6.42 Å². The fraction of sp³-hybridized carbons (Fsp3) is 0.214. The van der Waals surface area contributed by atoms with Crippen molar-refractivity contribution in [2.45, 2.75) is 26.3 Å². The molecule has 1 aliphatic heterocycles. The van der Waals surface area contributed by atoms with Crippen molar-refractivity contribution in [2.24, 2.45) is 0 Å². The van der Waals surface area contributed by atoms with Crippen LogP contribution in [0.5, 0.6) is 11.5 Å². The van der Waals surface area contributed by atoms with Gasteiger partial charge in [-0.3, -0.25) is 9.59 Å². The summed E-state index contributed by atoms with van der Waals surface area (Å²) in [5, 5.41) is 10.3. The number of nitrogens with zero attached hydrogens (tertiary/aromatic N) is 1. The van der Waals surface area contributed by atoms with Crippen LogP contribution in [0.3, 0.4) is 0 Å². The molecule has 34 heavy (non-hydrogen) atoms. The summed E-state index contributed by atoms with van der Waals surface area (Å²) in [5.74, 6) is 0.671. The molecule has 4 aromatic rings. The number of aryl methyl sites for hydroxylation is 2. The van der Waals surface area contributed by atoms with Gasteiger partial charge in [-0.2, -0.15) is 0 Å². The third-order valence-electron chi connectivity index (χ3n) is 6.59. The van der Waals surface area contributed by atoms with Gasteiger partial charge >= 0.3 is 0 Å². The number of carbonyl (C=O) groups is 1. The van der Waals surface area contributed by atoms with Gasteiger partial charge in [-0.15, -0.1) is 0 Å². The maximum absolute atomic E-state index is 13.7. The molecular formula is C28H25NO5. The molecule has 1 aromatic heterocycles. The average molecular weight is 456 g/mol. The van der Waals surface area contributed by atoms with E-state index in [1.54, 1.807) is 36.3 Å². The van der Waals surface area contributed by atoms with Crippen molar-refractivity contribution >= 4 is 16.9 Å². The molecule has 1 aliphatic rings. The Morgan fingerprint density at radius 3 is 2.32 bits per heavy atom. The Bertz CT molecular complexity index is 1450. The molecule has 0 aliphatic carbocycles. The Balaban J connectivity index is 1.61. The molecule has 0 radical (unpaired) electrons.